The van der Waals surface area contributed by atoms with Crippen LogP contribution in [0.5, 0.6) is 0 Å². The van der Waals surface area contributed by atoms with Gasteiger partial charge in [-0.15, -0.1) is 11.3 Å². The van der Waals surface area contributed by atoms with Gasteiger partial charge >= 0.3 is 0 Å². The minimum Gasteiger partial charge on any atom is -0.311 e. The highest BCUT2D eigenvalue weighted by Crippen LogP contribution is 2.37. The van der Waals surface area contributed by atoms with Crippen LogP contribution in [-0.2, 0) is 6.54 Å². The molecule has 2 nitrogen and oxygen atoms in total. The molecule has 0 aromatic carbocycles. The van der Waals surface area contributed by atoms with E-state index in [1.54, 1.807) is 0 Å². The Hall–Kier alpha value is 0.1000. The summed E-state index contributed by atoms with van der Waals surface area (Å²) in [6, 6.07) is 5.86. The van der Waals surface area contributed by atoms with Gasteiger partial charge in [0, 0.05) is 36.6 Å². The topological polar surface area (TPSA) is 15.3 Å². The highest BCUT2D eigenvalue weighted by atomic mass is 79.9. The zero-order chi connectivity index (χ0) is 13.4. The predicted molar refractivity (Wildman–Crippen MR) is 85.6 cm³/mol. The molecule has 1 aliphatic heterocycles. The second-order valence-corrected chi connectivity index (χ2v) is 8.85. The molecule has 2 aliphatic rings. The van der Waals surface area contributed by atoms with Crippen LogP contribution in [0.4, 0.5) is 0 Å². The lowest BCUT2D eigenvalue weighted by Gasteiger charge is -2.42. The van der Waals surface area contributed by atoms with Crippen LogP contribution in [0, 0.1) is 11.8 Å². The lowest BCUT2D eigenvalue weighted by molar-refractivity contribution is 0.0936. The van der Waals surface area contributed by atoms with E-state index >= 15 is 0 Å². The molecule has 4 heteroatoms. The number of hydrogen-bond donors (Lipinski definition) is 1. The third-order valence-electron chi connectivity index (χ3n) is 4.45. The molecule has 1 aliphatic carbocycles. The molecular formula is C15H23BrN2S. The van der Waals surface area contributed by atoms with Gasteiger partial charge in [0.25, 0.3) is 0 Å². The van der Waals surface area contributed by atoms with E-state index in [0.29, 0.717) is 6.04 Å². The average Bonchev–Trinajstić information content (AvgIpc) is 3.13. The minimum absolute atomic E-state index is 0.651. The molecule has 1 aromatic heterocycles. The molecule has 1 N–H and O–H groups in total. The number of thiophene rings is 1. The molecule has 1 saturated carbocycles. The van der Waals surface area contributed by atoms with Crippen LogP contribution in [0.2, 0.25) is 0 Å². The molecule has 106 valence electrons. The fourth-order valence-corrected chi connectivity index (χ4v) is 4.57. The Labute approximate surface area is 128 Å². The number of hydrogen-bond acceptors (Lipinski definition) is 3. The van der Waals surface area contributed by atoms with Gasteiger partial charge in [-0.25, -0.2) is 0 Å². The van der Waals surface area contributed by atoms with E-state index in [-0.39, 0.29) is 0 Å². The first-order valence-electron chi connectivity index (χ1n) is 7.35. The van der Waals surface area contributed by atoms with Gasteiger partial charge in [0.15, 0.2) is 0 Å². The Bertz CT molecular complexity index is 428. The van der Waals surface area contributed by atoms with Crippen molar-refractivity contribution >= 4 is 27.3 Å². The molecule has 2 fully saturated rings. The van der Waals surface area contributed by atoms with Crippen LogP contribution in [0.3, 0.4) is 0 Å². The maximum absolute atomic E-state index is 3.76. The van der Waals surface area contributed by atoms with Crippen molar-refractivity contribution in [1.82, 2.24) is 10.2 Å². The van der Waals surface area contributed by atoms with Crippen LogP contribution in [-0.4, -0.2) is 30.1 Å². The highest BCUT2D eigenvalue weighted by molar-refractivity contribution is 9.11. The van der Waals surface area contributed by atoms with Crippen molar-refractivity contribution < 1.29 is 0 Å². The number of halogens is 1. The number of nitrogens with one attached hydrogen (secondary N) is 1. The second-order valence-electron chi connectivity index (χ2n) is 6.30. The van der Waals surface area contributed by atoms with Gasteiger partial charge in [-0.05, 0) is 52.7 Å². The SMILES string of the molecule is CC(C)C1CN(Cc2ccc(Br)s2)C(C2CC2)CN1. The van der Waals surface area contributed by atoms with Gasteiger partial charge in [0.1, 0.15) is 0 Å². The second kappa shape index (κ2) is 5.84. The zero-order valence-electron chi connectivity index (χ0n) is 11.7. The lowest BCUT2D eigenvalue weighted by atomic mass is 9.97. The van der Waals surface area contributed by atoms with Crippen molar-refractivity contribution in [3.05, 3.63) is 20.8 Å². The van der Waals surface area contributed by atoms with Gasteiger partial charge in [0.2, 0.25) is 0 Å². The Morgan fingerprint density at radius 3 is 2.79 bits per heavy atom. The maximum atomic E-state index is 3.76. The molecule has 1 aromatic rings. The Kier molecular flexibility index (Phi) is 4.32. The lowest BCUT2D eigenvalue weighted by Crippen LogP contribution is -2.58. The van der Waals surface area contributed by atoms with Crippen LogP contribution in [0.25, 0.3) is 0 Å². The van der Waals surface area contributed by atoms with Crippen LogP contribution < -0.4 is 5.32 Å². The number of piperazine rings is 1. The summed E-state index contributed by atoms with van der Waals surface area (Å²) in [5.41, 5.74) is 0. The van der Waals surface area contributed by atoms with Gasteiger partial charge in [-0.1, -0.05) is 13.8 Å². The third-order valence-corrected chi connectivity index (χ3v) is 6.06. The van der Waals surface area contributed by atoms with Crippen molar-refractivity contribution in [1.29, 1.82) is 0 Å². The Morgan fingerprint density at radius 1 is 1.42 bits per heavy atom. The summed E-state index contributed by atoms with van der Waals surface area (Å²) in [7, 11) is 0. The van der Waals surface area contributed by atoms with E-state index in [1.807, 2.05) is 11.3 Å². The van der Waals surface area contributed by atoms with Crippen molar-refractivity contribution in [2.45, 2.75) is 45.3 Å². The molecule has 0 amide bonds. The molecule has 2 heterocycles. The van der Waals surface area contributed by atoms with Gasteiger partial charge in [-0.2, -0.15) is 0 Å². The summed E-state index contributed by atoms with van der Waals surface area (Å²) in [5, 5.41) is 3.76. The summed E-state index contributed by atoms with van der Waals surface area (Å²) in [4.78, 5) is 4.22. The van der Waals surface area contributed by atoms with Crippen molar-refractivity contribution in [3.63, 3.8) is 0 Å². The molecule has 1 saturated heterocycles. The first kappa shape index (κ1) is 14.1. The van der Waals surface area contributed by atoms with Gasteiger partial charge in [0.05, 0.1) is 3.79 Å². The highest BCUT2D eigenvalue weighted by Gasteiger charge is 2.39. The predicted octanol–water partition coefficient (Wildman–Crippen LogP) is 3.72. The molecule has 3 rings (SSSR count). The molecule has 2 atom stereocenters. The standard InChI is InChI=1S/C15H23BrN2S/c1-10(2)13-9-18(8-12-5-6-15(16)19-12)14(7-17-13)11-3-4-11/h5-6,10-11,13-14,17H,3-4,7-9H2,1-2H3. The minimum atomic E-state index is 0.651. The Balaban J connectivity index is 1.69. The van der Waals surface area contributed by atoms with Gasteiger partial charge in [-0.3, -0.25) is 4.90 Å². The first-order valence-corrected chi connectivity index (χ1v) is 8.96. The summed E-state index contributed by atoms with van der Waals surface area (Å²) in [6.07, 6.45) is 2.87. The largest absolute Gasteiger partial charge is 0.311 e. The maximum Gasteiger partial charge on any atom is 0.0701 e. The normalized spacial score (nSPS) is 29.1. The molecule has 0 radical (unpaired) electrons. The van der Waals surface area contributed by atoms with Gasteiger partial charge < -0.3 is 5.32 Å². The van der Waals surface area contributed by atoms with E-state index in [9.17, 15) is 0 Å². The average molecular weight is 343 g/mol. The summed E-state index contributed by atoms with van der Waals surface area (Å²) < 4.78 is 1.25. The van der Waals surface area contributed by atoms with Crippen molar-refractivity contribution in [3.8, 4) is 0 Å². The molecule has 2 unspecified atom stereocenters. The van der Waals surface area contributed by atoms with Crippen molar-refractivity contribution in [2.75, 3.05) is 13.1 Å². The fraction of sp³-hybridized carbons (Fsp3) is 0.733. The van der Waals surface area contributed by atoms with Crippen LogP contribution in [0.15, 0.2) is 15.9 Å². The zero-order valence-corrected chi connectivity index (χ0v) is 14.1. The summed E-state index contributed by atoms with van der Waals surface area (Å²) >= 11 is 5.46. The first-order chi connectivity index (χ1) is 9.13. The molecule has 0 bridgehead atoms. The molecule has 19 heavy (non-hydrogen) atoms. The van der Waals surface area contributed by atoms with E-state index in [4.69, 9.17) is 0 Å². The van der Waals surface area contributed by atoms with Crippen LogP contribution >= 0.6 is 27.3 Å². The number of nitrogens with zero attached hydrogens (tertiary/aromatic N) is 1. The monoisotopic (exact) mass is 342 g/mol. The third kappa shape index (κ3) is 3.41. The summed E-state index contributed by atoms with van der Waals surface area (Å²) in [6.45, 7) is 8.17. The van der Waals surface area contributed by atoms with Crippen molar-refractivity contribution in [2.24, 2.45) is 11.8 Å². The van der Waals surface area contributed by atoms with E-state index < -0.39 is 0 Å². The smallest absolute Gasteiger partial charge is 0.0701 e. The quantitative estimate of drug-likeness (QED) is 0.896. The van der Waals surface area contributed by atoms with E-state index in [1.165, 1.54) is 34.6 Å². The molecule has 0 spiro atoms. The summed E-state index contributed by atoms with van der Waals surface area (Å²) in [5.74, 6) is 1.67. The number of rotatable bonds is 4. The molecular weight excluding hydrogens is 320 g/mol. The van der Waals surface area contributed by atoms with Crippen LogP contribution in [0.1, 0.15) is 31.6 Å². The Morgan fingerprint density at radius 2 is 2.21 bits per heavy atom. The van der Waals surface area contributed by atoms with E-state index in [0.717, 1.165) is 24.4 Å². The fourth-order valence-electron chi connectivity index (χ4n) is 3.06. The van der Waals surface area contributed by atoms with E-state index in [2.05, 4.69) is 52.1 Å².